The number of rotatable bonds is 9. The Morgan fingerprint density at radius 2 is 1.74 bits per heavy atom. The average molecular weight is 501 g/mol. The Morgan fingerprint density at radius 3 is 2.41 bits per heavy atom. The second-order valence-corrected chi connectivity index (χ2v) is 7.82. The second kappa shape index (κ2) is 12.1. The van der Waals surface area contributed by atoms with Gasteiger partial charge < -0.3 is 14.2 Å². The predicted molar refractivity (Wildman–Crippen MR) is 131 cm³/mol. The highest BCUT2D eigenvalue weighted by atomic mass is 35.5. The van der Waals surface area contributed by atoms with Crippen LogP contribution in [0.5, 0.6) is 17.2 Å². The van der Waals surface area contributed by atoms with Crippen molar-refractivity contribution in [1.29, 1.82) is 0 Å². The van der Waals surface area contributed by atoms with Crippen molar-refractivity contribution < 1.29 is 23.8 Å². The molecule has 0 aliphatic carbocycles. The van der Waals surface area contributed by atoms with Crippen molar-refractivity contribution in [1.82, 2.24) is 5.43 Å². The summed E-state index contributed by atoms with van der Waals surface area (Å²) in [6.45, 7) is 1.89. The Hall–Kier alpha value is -3.55. The number of halogens is 2. The minimum atomic E-state index is -0.616. The number of hydrazone groups is 1. The van der Waals surface area contributed by atoms with Crippen molar-refractivity contribution in [3.63, 3.8) is 0 Å². The minimum absolute atomic E-state index is 0.171. The third kappa shape index (κ3) is 6.97. The molecule has 0 aromatic heterocycles. The number of nitrogens with one attached hydrogen (secondary N) is 1. The number of methoxy groups -OCH3 is 1. The van der Waals surface area contributed by atoms with Crippen LogP contribution >= 0.6 is 23.2 Å². The highest BCUT2D eigenvalue weighted by molar-refractivity contribution is 6.42. The lowest BCUT2D eigenvalue weighted by atomic mass is 10.2. The number of ether oxygens (including phenoxy) is 3. The maximum Gasteiger partial charge on any atom is 0.343 e. The molecule has 0 aliphatic heterocycles. The van der Waals surface area contributed by atoms with E-state index >= 15 is 0 Å². The zero-order valence-corrected chi connectivity index (χ0v) is 20.0. The fourth-order valence-corrected chi connectivity index (χ4v) is 3.11. The lowest BCUT2D eigenvalue weighted by Gasteiger charge is -2.10. The molecule has 9 heteroatoms. The van der Waals surface area contributed by atoms with E-state index in [0.29, 0.717) is 22.1 Å². The van der Waals surface area contributed by atoms with E-state index in [1.165, 1.54) is 37.1 Å². The van der Waals surface area contributed by atoms with Crippen LogP contribution in [0.25, 0.3) is 0 Å². The van der Waals surface area contributed by atoms with Crippen molar-refractivity contribution in [3.05, 3.63) is 87.4 Å². The normalized spacial score (nSPS) is 10.7. The van der Waals surface area contributed by atoms with Crippen LogP contribution in [0, 0.1) is 0 Å². The monoisotopic (exact) mass is 500 g/mol. The predicted octanol–water partition coefficient (Wildman–Crippen LogP) is 5.31. The average Bonchev–Trinajstić information content (AvgIpc) is 2.85. The SMILES string of the molecule is CCc1ccc(OCC(=O)N/N=C/c2ccc(OC(=O)c3ccc(Cl)c(Cl)c3)c(OC)c2)cc1. The molecular weight excluding hydrogens is 479 g/mol. The first-order chi connectivity index (χ1) is 16.4. The Labute approximate surface area is 207 Å². The summed E-state index contributed by atoms with van der Waals surface area (Å²) in [6, 6.07) is 16.8. The van der Waals surface area contributed by atoms with E-state index in [4.69, 9.17) is 37.4 Å². The van der Waals surface area contributed by atoms with E-state index in [0.717, 1.165) is 6.42 Å². The van der Waals surface area contributed by atoms with Crippen LogP contribution in [0.1, 0.15) is 28.4 Å². The van der Waals surface area contributed by atoms with Gasteiger partial charge in [0.1, 0.15) is 5.75 Å². The standard InChI is InChI=1S/C25H22Cl2N2O5/c1-3-16-4-8-19(9-5-16)33-15-24(30)29-28-14-17-6-11-22(23(12-17)32-2)34-25(31)18-7-10-20(26)21(27)13-18/h4-14H,3,15H2,1-2H3,(H,29,30)/b28-14+. The number of hydrogen-bond acceptors (Lipinski definition) is 6. The zero-order valence-electron chi connectivity index (χ0n) is 18.5. The van der Waals surface area contributed by atoms with Crippen LogP contribution in [0.2, 0.25) is 10.0 Å². The molecule has 3 aromatic carbocycles. The minimum Gasteiger partial charge on any atom is -0.493 e. The van der Waals surface area contributed by atoms with Gasteiger partial charge in [0.2, 0.25) is 0 Å². The zero-order chi connectivity index (χ0) is 24.5. The highest BCUT2D eigenvalue weighted by Crippen LogP contribution is 2.29. The highest BCUT2D eigenvalue weighted by Gasteiger charge is 2.14. The van der Waals surface area contributed by atoms with Crippen molar-refractivity contribution in [3.8, 4) is 17.2 Å². The molecule has 3 rings (SSSR count). The molecule has 0 heterocycles. The molecule has 1 N–H and O–H groups in total. The summed E-state index contributed by atoms with van der Waals surface area (Å²) in [5.74, 6) is 0.0988. The van der Waals surface area contributed by atoms with Crippen LogP contribution < -0.4 is 19.6 Å². The van der Waals surface area contributed by atoms with Gasteiger partial charge >= 0.3 is 5.97 Å². The van der Waals surface area contributed by atoms with Gasteiger partial charge in [-0.25, -0.2) is 10.2 Å². The van der Waals surface area contributed by atoms with Gasteiger partial charge in [-0.3, -0.25) is 4.79 Å². The summed E-state index contributed by atoms with van der Waals surface area (Å²) < 4.78 is 16.2. The Morgan fingerprint density at radius 1 is 0.971 bits per heavy atom. The molecule has 0 saturated heterocycles. The Kier molecular flexibility index (Phi) is 8.90. The number of carbonyl (C=O) groups excluding carboxylic acids is 2. The maximum absolute atomic E-state index is 12.4. The van der Waals surface area contributed by atoms with Gasteiger partial charge in [-0.1, -0.05) is 42.3 Å². The molecule has 0 saturated carbocycles. The summed E-state index contributed by atoms with van der Waals surface area (Å²) in [4.78, 5) is 24.4. The molecule has 7 nitrogen and oxygen atoms in total. The number of benzene rings is 3. The van der Waals surface area contributed by atoms with E-state index in [2.05, 4.69) is 17.5 Å². The number of amides is 1. The van der Waals surface area contributed by atoms with Crippen molar-refractivity contribution in [2.45, 2.75) is 13.3 Å². The first-order valence-corrected chi connectivity index (χ1v) is 11.0. The quantitative estimate of drug-likeness (QED) is 0.186. The van der Waals surface area contributed by atoms with Gasteiger partial charge in [-0.05, 0) is 66.1 Å². The van der Waals surface area contributed by atoms with Crippen molar-refractivity contribution in [2.24, 2.45) is 5.10 Å². The Balaban J connectivity index is 1.56. The van der Waals surface area contributed by atoms with E-state index in [-0.39, 0.29) is 22.9 Å². The number of hydrogen-bond donors (Lipinski definition) is 1. The van der Waals surface area contributed by atoms with Crippen molar-refractivity contribution in [2.75, 3.05) is 13.7 Å². The van der Waals surface area contributed by atoms with E-state index in [1.54, 1.807) is 18.2 Å². The summed E-state index contributed by atoms with van der Waals surface area (Å²) >= 11 is 11.8. The molecule has 3 aromatic rings. The molecule has 176 valence electrons. The van der Waals surface area contributed by atoms with Crippen LogP contribution in [-0.4, -0.2) is 31.8 Å². The van der Waals surface area contributed by atoms with Gasteiger partial charge in [-0.15, -0.1) is 0 Å². The summed E-state index contributed by atoms with van der Waals surface area (Å²) in [5.41, 5.74) is 4.44. The number of nitrogens with zero attached hydrogens (tertiary/aromatic N) is 1. The molecule has 0 atom stereocenters. The molecule has 0 spiro atoms. The molecule has 0 unspecified atom stereocenters. The largest absolute Gasteiger partial charge is 0.493 e. The van der Waals surface area contributed by atoms with Crippen molar-refractivity contribution >= 4 is 41.3 Å². The Bertz CT molecular complexity index is 1200. The van der Waals surface area contributed by atoms with Crippen LogP contribution in [0.3, 0.4) is 0 Å². The van der Waals surface area contributed by atoms with E-state index in [1.807, 2.05) is 24.3 Å². The van der Waals surface area contributed by atoms with Gasteiger partial charge in [0.15, 0.2) is 18.1 Å². The lowest BCUT2D eigenvalue weighted by molar-refractivity contribution is -0.123. The number of carbonyl (C=O) groups is 2. The molecule has 0 fully saturated rings. The summed E-state index contributed by atoms with van der Waals surface area (Å²) in [6.07, 6.45) is 2.36. The number of aryl methyl sites for hydroxylation is 1. The topological polar surface area (TPSA) is 86.2 Å². The van der Waals surface area contributed by atoms with E-state index < -0.39 is 11.9 Å². The maximum atomic E-state index is 12.4. The first-order valence-electron chi connectivity index (χ1n) is 10.3. The van der Waals surface area contributed by atoms with Gasteiger partial charge in [-0.2, -0.15) is 5.10 Å². The number of esters is 1. The summed E-state index contributed by atoms with van der Waals surface area (Å²) in [5, 5.41) is 4.50. The molecule has 0 aliphatic rings. The second-order valence-electron chi connectivity index (χ2n) is 7.01. The van der Waals surface area contributed by atoms with Crippen LogP contribution in [0.4, 0.5) is 0 Å². The fourth-order valence-electron chi connectivity index (χ4n) is 2.81. The smallest absolute Gasteiger partial charge is 0.343 e. The van der Waals surface area contributed by atoms with Gasteiger partial charge in [0, 0.05) is 0 Å². The molecular formula is C25H22Cl2N2O5. The third-order valence-corrected chi connectivity index (χ3v) is 5.39. The molecule has 34 heavy (non-hydrogen) atoms. The fraction of sp³-hybridized carbons (Fsp3) is 0.160. The van der Waals surface area contributed by atoms with Crippen LogP contribution in [-0.2, 0) is 11.2 Å². The van der Waals surface area contributed by atoms with E-state index in [9.17, 15) is 9.59 Å². The van der Waals surface area contributed by atoms with Crippen LogP contribution in [0.15, 0.2) is 65.8 Å². The lowest BCUT2D eigenvalue weighted by Crippen LogP contribution is -2.24. The third-order valence-electron chi connectivity index (χ3n) is 4.65. The van der Waals surface area contributed by atoms with Gasteiger partial charge in [0.05, 0.1) is 28.9 Å². The molecule has 0 radical (unpaired) electrons. The molecule has 0 bridgehead atoms. The summed E-state index contributed by atoms with van der Waals surface area (Å²) in [7, 11) is 1.44. The molecule has 1 amide bonds. The van der Waals surface area contributed by atoms with Gasteiger partial charge in [0.25, 0.3) is 5.91 Å². The first kappa shape index (κ1) is 25.1.